The molecule has 74 valence electrons. The molecule has 2 nitrogen and oxygen atoms in total. The second-order valence-electron chi connectivity index (χ2n) is 4.93. The zero-order valence-corrected chi connectivity index (χ0v) is 8.42. The van der Waals surface area contributed by atoms with Crippen LogP contribution in [0.3, 0.4) is 0 Å². The molecule has 0 bridgehead atoms. The van der Waals surface area contributed by atoms with Crippen molar-refractivity contribution in [1.82, 2.24) is 0 Å². The summed E-state index contributed by atoms with van der Waals surface area (Å²) in [6.07, 6.45) is 4.18. The van der Waals surface area contributed by atoms with E-state index in [1.165, 1.54) is 6.42 Å². The summed E-state index contributed by atoms with van der Waals surface area (Å²) < 4.78 is 0. The third-order valence-corrected chi connectivity index (χ3v) is 4.30. The third-order valence-electron chi connectivity index (χ3n) is 4.30. The van der Waals surface area contributed by atoms with E-state index in [-0.39, 0.29) is 5.41 Å². The minimum absolute atomic E-state index is 0.345. The van der Waals surface area contributed by atoms with Crippen molar-refractivity contribution in [3.05, 3.63) is 0 Å². The van der Waals surface area contributed by atoms with Crippen LogP contribution in [-0.4, -0.2) is 11.1 Å². The smallest absolute Gasteiger partial charge is 0.309 e. The van der Waals surface area contributed by atoms with Crippen molar-refractivity contribution in [2.75, 3.05) is 0 Å². The van der Waals surface area contributed by atoms with Crippen molar-refractivity contribution < 1.29 is 9.90 Å². The Morgan fingerprint density at radius 3 is 2.46 bits per heavy atom. The fraction of sp³-hybridized carbons (Fsp3) is 0.909. The van der Waals surface area contributed by atoms with E-state index in [9.17, 15) is 9.90 Å². The lowest BCUT2D eigenvalue weighted by molar-refractivity contribution is -0.152. The van der Waals surface area contributed by atoms with E-state index in [0.717, 1.165) is 31.1 Å². The van der Waals surface area contributed by atoms with Crippen molar-refractivity contribution in [2.45, 2.75) is 39.5 Å². The average Bonchev–Trinajstić information content (AvgIpc) is 2.72. The van der Waals surface area contributed by atoms with E-state index in [1.807, 2.05) is 0 Å². The number of hydrogen-bond acceptors (Lipinski definition) is 1. The number of rotatable bonds is 3. The van der Waals surface area contributed by atoms with Crippen LogP contribution < -0.4 is 0 Å². The van der Waals surface area contributed by atoms with Gasteiger partial charge in [-0.3, -0.25) is 4.79 Å². The minimum Gasteiger partial charge on any atom is -0.481 e. The molecule has 2 aliphatic rings. The maximum Gasteiger partial charge on any atom is 0.309 e. The first kappa shape index (κ1) is 9.04. The van der Waals surface area contributed by atoms with Gasteiger partial charge in [-0.05, 0) is 37.0 Å². The van der Waals surface area contributed by atoms with Gasteiger partial charge in [-0.25, -0.2) is 0 Å². The highest BCUT2D eigenvalue weighted by Gasteiger charge is 2.59. The van der Waals surface area contributed by atoms with Crippen LogP contribution in [0.1, 0.15) is 39.5 Å². The molecule has 0 aromatic rings. The van der Waals surface area contributed by atoms with Crippen LogP contribution in [0.25, 0.3) is 0 Å². The van der Waals surface area contributed by atoms with E-state index >= 15 is 0 Å². The lowest BCUT2D eigenvalue weighted by Crippen LogP contribution is -2.35. The Morgan fingerprint density at radius 2 is 2.08 bits per heavy atom. The fourth-order valence-electron chi connectivity index (χ4n) is 3.01. The molecule has 0 amide bonds. The summed E-state index contributed by atoms with van der Waals surface area (Å²) in [6.45, 7) is 4.19. The normalized spacial score (nSPS) is 44.2. The van der Waals surface area contributed by atoms with E-state index < -0.39 is 5.97 Å². The Morgan fingerprint density at radius 1 is 1.54 bits per heavy atom. The van der Waals surface area contributed by atoms with Crippen LogP contribution in [0.5, 0.6) is 0 Å². The van der Waals surface area contributed by atoms with Crippen LogP contribution in [0, 0.1) is 23.2 Å². The number of carbonyl (C=O) groups is 1. The van der Waals surface area contributed by atoms with Crippen molar-refractivity contribution in [2.24, 2.45) is 23.2 Å². The van der Waals surface area contributed by atoms with Gasteiger partial charge in [-0.1, -0.05) is 20.3 Å². The summed E-state index contributed by atoms with van der Waals surface area (Å²) in [5, 5.41) is 9.30. The van der Waals surface area contributed by atoms with Gasteiger partial charge in [-0.2, -0.15) is 0 Å². The Balaban J connectivity index is 2.17. The summed E-state index contributed by atoms with van der Waals surface area (Å²) in [7, 11) is 0. The first-order valence-electron chi connectivity index (χ1n) is 5.33. The molecule has 0 saturated heterocycles. The molecule has 3 unspecified atom stereocenters. The maximum atomic E-state index is 11.3. The molecule has 0 aliphatic heterocycles. The topological polar surface area (TPSA) is 37.3 Å². The number of aliphatic carboxylic acids is 1. The van der Waals surface area contributed by atoms with Crippen LogP contribution >= 0.6 is 0 Å². The average molecular weight is 182 g/mol. The third kappa shape index (κ3) is 1.18. The molecule has 2 aliphatic carbocycles. The van der Waals surface area contributed by atoms with Gasteiger partial charge in [0.05, 0.1) is 5.41 Å². The number of carboxylic acid groups (broad SMARTS) is 1. The minimum atomic E-state index is -0.547. The Bertz CT molecular complexity index is 224. The molecular weight excluding hydrogens is 164 g/mol. The molecule has 13 heavy (non-hydrogen) atoms. The van der Waals surface area contributed by atoms with Gasteiger partial charge in [0.2, 0.25) is 0 Å². The van der Waals surface area contributed by atoms with E-state index in [0.29, 0.717) is 5.92 Å². The molecule has 0 heterocycles. The van der Waals surface area contributed by atoms with E-state index in [1.54, 1.807) is 0 Å². The Kier molecular flexibility index (Phi) is 1.90. The summed E-state index contributed by atoms with van der Waals surface area (Å²) in [4.78, 5) is 11.3. The van der Waals surface area contributed by atoms with Gasteiger partial charge in [0.25, 0.3) is 0 Å². The summed E-state index contributed by atoms with van der Waals surface area (Å²) in [6, 6.07) is 0. The largest absolute Gasteiger partial charge is 0.481 e. The van der Waals surface area contributed by atoms with Gasteiger partial charge < -0.3 is 5.11 Å². The molecular formula is C11H18O2. The molecule has 2 fully saturated rings. The van der Waals surface area contributed by atoms with Gasteiger partial charge in [0.15, 0.2) is 0 Å². The summed E-state index contributed by atoms with van der Waals surface area (Å²) >= 11 is 0. The highest BCUT2D eigenvalue weighted by atomic mass is 16.4. The quantitative estimate of drug-likeness (QED) is 0.728. The number of fused-ring (bicyclic) bond motifs is 1. The molecule has 0 spiro atoms. The van der Waals surface area contributed by atoms with Crippen molar-refractivity contribution >= 4 is 5.97 Å². The molecule has 0 aromatic carbocycles. The Labute approximate surface area is 79.3 Å². The van der Waals surface area contributed by atoms with Crippen molar-refractivity contribution in [3.8, 4) is 0 Å². The first-order valence-corrected chi connectivity index (χ1v) is 5.33. The highest BCUT2D eigenvalue weighted by molar-refractivity contribution is 5.76. The van der Waals surface area contributed by atoms with Gasteiger partial charge in [-0.15, -0.1) is 0 Å². The fourth-order valence-corrected chi connectivity index (χ4v) is 3.01. The van der Waals surface area contributed by atoms with Crippen LogP contribution in [0.2, 0.25) is 0 Å². The van der Waals surface area contributed by atoms with E-state index in [2.05, 4.69) is 13.8 Å². The zero-order chi connectivity index (χ0) is 9.64. The van der Waals surface area contributed by atoms with Crippen molar-refractivity contribution in [3.63, 3.8) is 0 Å². The number of carboxylic acids is 1. The predicted octanol–water partition coefficient (Wildman–Crippen LogP) is 2.53. The first-order chi connectivity index (χ1) is 6.10. The SMILES string of the molecule is CCC(C)C1(C(=O)O)CC2CC2C1. The van der Waals surface area contributed by atoms with Gasteiger partial charge >= 0.3 is 5.97 Å². The summed E-state index contributed by atoms with van der Waals surface area (Å²) in [5.41, 5.74) is -0.359. The number of hydrogen-bond donors (Lipinski definition) is 1. The lowest BCUT2D eigenvalue weighted by Gasteiger charge is -2.32. The molecule has 3 atom stereocenters. The van der Waals surface area contributed by atoms with Crippen LogP contribution in [0.4, 0.5) is 0 Å². The Hall–Kier alpha value is -0.530. The molecule has 0 radical (unpaired) electrons. The zero-order valence-electron chi connectivity index (χ0n) is 8.42. The van der Waals surface area contributed by atoms with Crippen molar-refractivity contribution in [1.29, 1.82) is 0 Å². The highest BCUT2D eigenvalue weighted by Crippen LogP contribution is 2.62. The summed E-state index contributed by atoms with van der Waals surface area (Å²) in [5.74, 6) is 1.31. The molecule has 2 saturated carbocycles. The lowest BCUT2D eigenvalue weighted by atomic mass is 9.71. The molecule has 2 rings (SSSR count). The molecule has 0 aromatic heterocycles. The van der Waals surface area contributed by atoms with Gasteiger partial charge in [0, 0.05) is 0 Å². The second kappa shape index (κ2) is 2.73. The molecule has 1 N–H and O–H groups in total. The monoisotopic (exact) mass is 182 g/mol. The predicted molar refractivity (Wildman–Crippen MR) is 50.4 cm³/mol. The second-order valence-corrected chi connectivity index (χ2v) is 4.93. The maximum absolute atomic E-state index is 11.3. The molecule has 2 heteroatoms. The standard InChI is InChI=1S/C11H18O2/c1-3-7(2)11(10(12)13)5-8-4-9(8)6-11/h7-9H,3-6H2,1-2H3,(H,12,13). The van der Waals surface area contributed by atoms with E-state index in [4.69, 9.17) is 0 Å². The van der Waals surface area contributed by atoms with Crippen LogP contribution in [-0.2, 0) is 4.79 Å². The van der Waals surface area contributed by atoms with Gasteiger partial charge in [0.1, 0.15) is 0 Å². The van der Waals surface area contributed by atoms with Crippen LogP contribution in [0.15, 0.2) is 0 Å².